The van der Waals surface area contributed by atoms with Gasteiger partial charge in [-0.15, -0.1) is 0 Å². The Balaban J connectivity index is 1.46. The van der Waals surface area contributed by atoms with Gasteiger partial charge in [0.05, 0.1) is 29.8 Å². The molecule has 1 saturated heterocycles. The number of aryl methyl sites for hydroxylation is 1. The van der Waals surface area contributed by atoms with Gasteiger partial charge in [-0.05, 0) is 71.4 Å². The fourth-order valence-corrected chi connectivity index (χ4v) is 5.08. The number of rotatable bonds is 7. The van der Waals surface area contributed by atoms with E-state index in [2.05, 4.69) is 23.7 Å². The number of likely N-dealkylation sites (tertiary alicyclic amines) is 1. The minimum absolute atomic E-state index is 0.0557. The van der Waals surface area contributed by atoms with Gasteiger partial charge in [-0.25, -0.2) is 13.4 Å². The van der Waals surface area contributed by atoms with Crippen molar-refractivity contribution in [2.24, 2.45) is 0 Å². The molecule has 0 spiro atoms. The maximum absolute atomic E-state index is 12.0. The van der Waals surface area contributed by atoms with Gasteiger partial charge in [-0.2, -0.15) is 0 Å². The topological polar surface area (TPSA) is 68.7 Å². The van der Waals surface area contributed by atoms with Crippen LogP contribution in [-0.2, 0) is 14.6 Å². The molecule has 6 nitrogen and oxygen atoms in total. The highest BCUT2D eigenvalue weighted by atomic mass is 32.2. The van der Waals surface area contributed by atoms with E-state index in [-0.39, 0.29) is 16.9 Å². The predicted molar refractivity (Wildman–Crippen MR) is 114 cm³/mol. The summed E-state index contributed by atoms with van der Waals surface area (Å²) in [6, 6.07) is 3.92. The standard InChI is InChI=1S/C22H36N2O4S/c1-5-29(25,26)22-11-10-21(17(4)23-22)28-19-8-6-18(7-9-19)27-20-12-14-24(15-13-20)16(2)3/h10-11,16,18-20H,5-9,12-15H2,1-4H3. The minimum Gasteiger partial charge on any atom is -0.489 e. The molecule has 164 valence electrons. The molecule has 1 aliphatic carbocycles. The summed E-state index contributed by atoms with van der Waals surface area (Å²) < 4.78 is 36.5. The van der Waals surface area contributed by atoms with Gasteiger partial charge in [0, 0.05) is 19.1 Å². The zero-order chi connectivity index (χ0) is 21.0. The van der Waals surface area contributed by atoms with E-state index < -0.39 is 9.84 Å². The average Bonchev–Trinajstić information content (AvgIpc) is 2.71. The number of nitrogens with zero attached hydrogens (tertiary/aromatic N) is 2. The molecule has 0 radical (unpaired) electrons. The molecule has 2 aliphatic rings. The molecule has 0 unspecified atom stereocenters. The van der Waals surface area contributed by atoms with E-state index in [0.717, 1.165) is 51.6 Å². The van der Waals surface area contributed by atoms with Crippen molar-refractivity contribution >= 4 is 9.84 Å². The number of hydrogen-bond donors (Lipinski definition) is 0. The highest BCUT2D eigenvalue weighted by Gasteiger charge is 2.28. The minimum atomic E-state index is -3.29. The van der Waals surface area contributed by atoms with Crippen molar-refractivity contribution in [2.45, 2.75) is 95.6 Å². The van der Waals surface area contributed by atoms with Crippen LogP contribution in [0.5, 0.6) is 5.75 Å². The quantitative estimate of drug-likeness (QED) is 0.664. The second-order valence-electron chi connectivity index (χ2n) is 8.62. The highest BCUT2D eigenvalue weighted by Crippen LogP contribution is 2.29. The van der Waals surface area contributed by atoms with Crippen molar-refractivity contribution < 1.29 is 17.9 Å². The second kappa shape index (κ2) is 9.75. The van der Waals surface area contributed by atoms with Crippen LogP contribution in [0.2, 0.25) is 0 Å². The van der Waals surface area contributed by atoms with Crippen LogP contribution >= 0.6 is 0 Å². The number of pyridine rings is 1. The summed E-state index contributed by atoms with van der Waals surface area (Å²) in [5.74, 6) is 0.741. The Morgan fingerprint density at radius 2 is 1.62 bits per heavy atom. The molecule has 1 saturated carbocycles. The summed E-state index contributed by atoms with van der Waals surface area (Å²) in [6.45, 7) is 10.2. The number of hydrogen-bond acceptors (Lipinski definition) is 6. The van der Waals surface area contributed by atoms with E-state index in [9.17, 15) is 8.42 Å². The summed E-state index contributed by atoms with van der Waals surface area (Å²) in [6.07, 6.45) is 7.10. The first-order valence-corrected chi connectivity index (χ1v) is 12.7. The third-order valence-corrected chi connectivity index (χ3v) is 7.84. The molecule has 3 rings (SSSR count). The predicted octanol–water partition coefficient (Wildman–Crippen LogP) is 3.76. The molecule has 0 aromatic carbocycles. The Hall–Kier alpha value is -1.18. The van der Waals surface area contributed by atoms with Crippen LogP contribution in [0.1, 0.15) is 65.0 Å². The maximum atomic E-state index is 12.0. The molecule has 0 N–H and O–H groups in total. The molecule has 29 heavy (non-hydrogen) atoms. The molecule has 2 heterocycles. The molecule has 7 heteroatoms. The van der Waals surface area contributed by atoms with E-state index in [1.165, 1.54) is 0 Å². The molecule has 2 fully saturated rings. The fraction of sp³-hybridized carbons (Fsp3) is 0.773. The average molecular weight is 425 g/mol. The van der Waals surface area contributed by atoms with E-state index in [0.29, 0.717) is 29.7 Å². The molecular formula is C22H36N2O4S. The van der Waals surface area contributed by atoms with Crippen molar-refractivity contribution in [3.05, 3.63) is 17.8 Å². The molecular weight excluding hydrogens is 388 g/mol. The first kappa shape index (κ1) is 22.5. The largest absolute Gasteiger partial charge is 0.489 e. The number of piperidine rings is 1. The molecule has 1 aliphatic heterocycles. The van der Waals surface area contributed by atoms with Crippen molar-refractivity contribution in [1.82, 2.24) is 9.88 Å². The van der Waals surface area contributed by atoms with Crippen molar-refractivity contribution in [1.29, 1.82) is 0 Å². The zero-order valence-electron chi connectivity index (χ0n) is 18.3. The monoisotopic (exact) mass is 424 g/mol. The lowest BCUT2D eigenvalue weighted by Gasteiger charge is -2.37. The van der Waals surface area contributed by atoms with Gasteiger partial charge >= 0.3 is 0 Å². The van der Waals surface area contributed by atoms with Gasteiger partial charge in [0.15, 0.2) is 14.9 Å². The van der Waals surface area contributed by atoms with Gasteiger partial charge in [0.25, 0.3) is 0 Å². The Kier molecular flexibility index (Phi) is 7.57. The Morgan fingerprint density at radius 3 is 2.17 bits per heavy atom. The maximum Gasteiger partial charge on any atom is 0.195 e. The van der Waals surface area contributed by atoms with Crippen LogP contribution in [0.15, 0.2) is 17.2 Å². The normalized spacial score (nSPS) is 24.7. The third kappa shape index (κ3) is 5.92. The molecule has 0 atom stereocenters. The van der Waals surface area contributed by atoms with Crippen LogP contribution < -0.4 is 4.74 Å². The summed E-state index contributed by atoms with van der Waals surface area (Å²) in [5.41, 5.74) is 0.634. The van der Waals surface area contributed by atoms with E-state index >= 15 is 0 Å². The zero-order valence-corrected chi connectivity index (χ0v) is 19.1. The van der Waals surface area contributed by atoms with Crippen LogP contribution in [0.4, 0.5) is 0 Å². The molecule has 1 aromatic rings. The lowest BCUT2D eigenvalue weighted by Crippen LogP contribution is -2.42. The van der Waals surface area contributed by atoms with E-state index in [1.54, 1.807) is 19.1 Å². The van der Waals surface area contributed by atoms with Crippen LogP contribution in [0.3, 0.4) is 0 Å². The summed E-state index contributed by atoms with van der Waals surface area (Å²) in [4.78, 5) is 6.78. The second-order valence-corrected chi connectivity index (χ2v) is 10.8. The number of ether oxygens (including phenoxy) is 2. The highest BCUT2D eigenvalue weighted by molar-refractivity contribution is 7.91. The number of aromatic nitrogens is 1. The molecule has 1 aromatic heterocycles. The first-order valence-electron chi connectivity index (χ1n) is 11.0. The van der Waals surface area contributed by atoms with Crippen molar-refractivity contribution in [3.8, 4) is 5.75 Å². The Bertz CT molecular complexity index is 765. The smallest absolute Gasteiger partial charge is 0.195 e. The van der Waals surface area contributed by atoms with Gasteiger partial charge in [-0.1, -0.05) is 6.92 Å². The third-order valence-electron chi connectivity index (χ3n) is 6.22. The van der Waals surface area contributed by atoms with E-state index in [1.807, 2.05) is 6.92 Å². The molecule has 0 amide bonds. The fourth-order valence-electron chi connectivity index (χ4n) is 4.24. The SMILES string of the molecule is CCS(=O)(=O)c1ccc(OC2CCC(OC3CCN(C(C)C)CC3)CC2)c(C)n1. The lowest BCUT2D eigenvalue weighted by molar-refractivity contribution is -0.0688. The van der Waals surface area contributed by atoms with Gasteiger partial charge in [0.2, 0.25) is 0 Å². The van der Waals surface area contributed by atoms with Gasteiger partial charge in [0.1, 0.15) is 5.75 Å². The number of sulfone groups is 1. The van der Waals surface area contributed by atoms with Gasteiger partial charge in [-0.3, -0.25) is 0 Å². The van der Waals surface area contributed by atoms with Crippen molar-refractivity contribution in [3.63, 3.8) is 0 Å². The van der Waals surface area contributed by atoms with E-state index in [4.69, 9.17) is 9.47 Å². The Labute approximate surface area is 175 Å². The van der Waals surface area contributed by atoms with Gasteiger partial charge < -0.3 is 14.4 Å². The van der Waals surface area contributed by atoms with Crippen LogP contribution in [0.25, 0.3) is 0 Å². The van der Waals surface area contributed by atoms with Crippen LogP contribution in [-0.4, -0.2) is 61.5 Å². The Morgan fingerprint density at radius 1 is 1.03 bits per heavy atom. The first-order chi connectivity index (χ1) is 13.8. The summed E-state index contributed by atoms with van der Waals surface area (Å²) in [7, 11) is -3.29. The molecule has 0 bridgehead atoms. The summed E-state index contributed by atoms with van der Waals surface area (Å²) in [5, 5.41) is 0.130. The summed E-state index contributed by atoms with van der Waals surface area (Å²) >= 11 is 0. The van der Waals surface area contributed by atoms with Crippen LogP contribution in [0, 0.1) is 6.92 Å². The van der Waals surface area contributed by atoms with Crippen molar-refractivity contribution in [2.75, 3.05) is 18.8 Å². The lowest BCUT2D eigenvalue weighted by atomic mass is 9.94.